The van der Waals surface area contributed by atoms with Crippen molar-refractivity contribution in [2.45, 2.75) is 36.3 Å². The second-order valence-electron chi connectivity index (χ2n) is 4.41. The fourth-order valence-electron chi connectivity index (χ4n) is 2.01. The fourth-order valence-corrected chi connectivity index (χ4v) is 3.06. The number of hydrogen-bond acceptors (Lipinski definition) is 4. The minimum absolute atomic E-state index is 0.237. The van der Waals surface area contributed by atoms with Gasteiger partial charge >= 0.3 is 5.97 Å². The molecule has 1 heterocycles. The van der Waals surface area contributed by atoms with E-state index in [0.29, 0.717) is 10.8 Å². The molecule has 17 heavy (non-hydrogen) atoms. The summed E-state index contributed by atoms with van der Waals surface area (Å²) >= 11 is 1.42. The zero-order valence-corrected chi connectivity index (χ0v) is 10.2. The molecule has 0 amide bonds. The third-order valence-corrected chi connectivity index (χ3v) is 4.21. The summed E-state index contributed by atoms with van der Waals surface area (Å²) in [6.45, 7) is 0. The largest absolute Gasteiger partial charge is 0.478 e. The van der Waals surface area contributed by atoms with Crippen LogP contribution in [0.15, 0.2) is 23.4 Å². The lowest BCUT2D eigenvalue weighted by Gasteiger charge is -2.20. The van der Waals surface area contributed by atoms with Gasteiger partial charge in [-0.3, -0.25) is 0 Å². The number of pyridine rings is 1. The summed E-state index contributed by atoms with van der Waals surface area (Å²) in [6, 6.07) is 3.02. The maximum absolute atomic E-state index is 10.8. The van der Waals surface area contributed by atoms with Gasteiger partial charge in [0.15, 0.2) is 0 Å². The molecule has 0 atom stereocenters. The molecular weight excluding hydrogens is 238 g/mol. The molecule has 4 nitrogen and oxygen atoms in total. The molecule has 1 aromatic heterocycles. The lowest BCUT2D eigenvalue weighted by molar-refractivity contribution is 0.0695. The first kappa shape index (κ1) is 12.4. The van der Waals surface area contributed by atoms with E-state index in [0.717, 1.165) is 25.7 Å². The van der Waals surface area contributed by atoms with Crippen molar-refractivity contribution in [3.63, 3.8) is 0 Å². The summed E-state index contributed by atoms with van der Waals surface area (Å²) in [6.07, 6.45) is 5.29. The van der Waals surface area contributed by atoms with Crippen LogP contribution in [0.4, 0.5) is 0 Å². The molecule has 0 bridgehead atoms. The van der Waals surface area contributed by atoms with E-state index in [1.54, 1.807) is 6.07 Å². The van der Waals surface area contributed by atoms with Gasteiger partial charge < -0.3 is 10.2 Å². The van der Waals surface area contributed by atoms with Crippen molar-refractivity contribution < 1.29 is 15.0 Å². The van der Waals surface area contributed by atoms with Crippen LogP contribution in [0.3, 0.4) is 0 Å². The maximum atomic E-state index is 10.8. The van der Waals surface area contributed by atoms with Crippen LogP contribution >= 0.6 is 11.8 Å². The Morgan fingerprint density at radius 1 is 1.47 bits per heavy atom. The van der Waals surface area contributed by atoms with Crippen LogP contribution < -0.4 is 0 Å². The lowest BCUT2D eigenvalue weighted by atomic mass is 10.1. The highest BCUT2D eigenvalue weighted by Gasteiger charge is 2.31. The Balaban J connectivity index is 1.99. The van der Waals surface area contributed by atoms with Crippen molar-refractivity contribution in [1.29, 1.82) is 0 Å². The highest BCUT2D eigenvalue weighted by molar-refractivity contribution is 7.99. The monoisotopic (exact) mass is 253 g/mol. The summed E-state index contributed by atoms with van der Waals surface area (Å²) in [5.74, 6) is -0.364. The van der Waals surface area contributed by atoms with E-state index >= 15 is 0 Å². The van der Waals surface area contributed by atoms with Gasteiger partial charge in [-0.1, -0.05) is 12.8 Å². The second kappa shape index (κ2) is 5.06. The third kappa shape index (κ3) is 3.20. The quantitative estimate of drug-likeness (QED) is 0.805. The van der Waals surface area contributed by atoms with Gasteiger partial charge in [0, 0.05) is 11.9 Å². The average Bonchev–Trinajstić information content (AvgIpc) is 2.75. The second-order valence-corrected chi connectivity index (χ2v) is 5.40. The van der Waals surface area contributed by atoms with Gasteiger partial charge in [0.1, 0.15) is 0 Å². The van der Waals surface area contributed by atoms with Gasteiger partial charge in [0.25, 0.3) is 0 Å². The number of hydrogen-bond donors (Lipinski definition) is 2. The van der Waals surface area contributed by atoms with E-state index in [1.165, 1.54) is 24.0 Å². The van der Waals surface area contributed by atoms with Gasteiger partial charge in [-0.15, -0.1) is 11.8 Å². The average molecular weight is 253 g/mol. The molecule has 0 unspecified atom stereocenters. The summed E-state index contributed by atoms with van der Waals surface area (Å²) in [5.41, 5.74) is -0.355. The number of nitrogens with zero attached hydrogens (tertiary/aromatic N) is 1. The molecule has 5 heteroatoms. The topological polar surface area (TPSA) is 70.4 Å². The predicted molar refractivity (Wildman–Crippen MR) is 65.3 cm³/mol. The van der Waals surface area contributed by atoms with Gasteiger partial charge in [0.2, 0.25) is 0 Å². The Morgan fingerprint density at radius 3 is 2.82 bits per heavy atom. The van der Waals surface area contributed by atoms with Crippen molar-refractivity contribution in [2.75, 3.05) is 5.75 Å². The zero-order chi connectivity index (χ0) is 12.3. The molecule has 0 aromatic carbocycles. The van der Waals surface area contributed by atoms with Crippen LogP contribution in [0, 0.1) is 0 Å². The van der Waals surface area contributed by atoms with Crippen molar-refractivity contribution in [3.05, 3.63) is 23.9 Å². The van der Waals surface area contributed by atoms with Crippen molar-refractivity contribution in [1.82, 2.24) is 4.98 Å². The van der Waals surface area contributed by atoms with E-state index in [9.17, 15) is 9.90 Å². The molecular formula is C12H15NO3S. The van der Waals surface area contributed by atoms with E-state index in [4.69, 9.17) is 5.11 Å². The number of rotatable bonds is 4. The molecule has 1 aliphatic rings. The number of aromatic nitrogens is 1. The Bertz CT molecular complexity index is 416. The lowest BCUT2D eigenvalue weighted by Crippen LogP contribution is -2.27. The molecule has 0 spiro atoms. The number of carbonyl (C=O) groups is 1. The summed E-state index contributed by atoms with van der Waals surface area (Å²) in [4.78, 5) is 14.9. The van der Waals surface area contributed by atoms with Gasteiger partial charge in [0.05, 0.1) is 16.2 Å². The van der Waals surface area contributed by atoms with E-state index in [1.807, 2.05) is 0 Å². The highest BCUT2D eigenvalue weighted by Crippen LogP contribution is 2.34. The van der Waals surface area contributed by atoms with Crippen molar-refractivity contribution in [2.24, 2.45) is 0 Å². The first-order valence-electron chi connectivity index (χ1n) is 5.64. The number of carboxylic acids is 1. The van der Waals surface area contributed by atoms with Crippen LogP contribution in [-0.4, -0.2) is 32.5 Å². The number of carboxylic acid groups (broad SMARTS) is 1. The summed E-state index contributed by atoms with van der Waals surface area (Å²) in [5, 5.41) is 19.7. The molecule has 1 fully saturated rings. The summed E-state index contributed by atoms with van der Waals surface area (Å²) in [7, 11) is 0. The van der Waals surface area contributed by atoms with E-state index in [2.05, 4.69) is 4.98 Å². The minimum atomic E-state index is -0.950. The molecule has 1 saturated carbocycles. The van der Waals surface area contributed by atoms with Gasteiger partial charge in [-0.05, 0) is 25.0 Å². The molecule has 1 aliphatic carbocycles. The van der Waals surface area contributed by atoms with Gasteiger partial charge in [-0.25, -0.2) is 9.78 Å². The molecule has 92 valence electrons. The zero-order valence-electron chi connectivity index (χ0n) is 9.43. The van der Waals surface area contributed by atoms with Gasteiger partial charge in [-0.2, -0.15) is 0 Å². The first-order valence-corrected chi connectivity index (χ1v) is 6.62. The standard InChI is InChI=1S/C12H15NO3S/c14-11(15)9-3-6-13-10(7-9)17-8-12(16)4-1-2-5-12/h3,6-7,16H,1-2,4-5,8H2,(H,14,15). The highest BCUT2D eigenvalue weighted by atomic mass is 32.2. The fraction of sp³-hybridized carbons (Fsp3) is 0.500. The van der Waals surface area contributed by atoms with Crippen molar-refractivity contribution >= 4 is 17.7 Å². The Morgan fingerprint density at radius 2 is 2.18 bits per heavy atom. The Hall–Kier alpha value is -1.07. The number of aromatic carboxylic acids is 1. The maximum Gasteiger partial charge on any atom is 0.335 e. The third-order valence-electron chi connectivity index (χ3n) is 3.00. The first-order chi connectivity index (χ1) is 8.09. The normalized spacial score (nSPS) is 18.2. The van der Waals surface area contributed by atoms with E-state index in [-0.39, 0.29) is 5.56 Å². The molecule has 2 rings (SSSR count). The molecule has 1 aromatic rings. The number of aliphatic hydroxyl groups is 1. The van der Waals surface area contributed by atoms with E-state index < -0.39 is 11.6 Å². The van der Waals surface area contributed by atoms with Crippen LogP contribution in [-0.2, 0) is 0 Å². The van der Waals surface area contributed by atoms with Crippen LogP contribution in [0.25, 0.3) is 0 Å². The molecule has 2 N–H and O–H groups in total. The predicted octanol–water partition coefficient (Wildman–Crippen LogP) is 2.18. The minimum Gasteiger partial charge on any atom is -0.478 e. The van der Waals surface area contributed by atoms with Crippen LogP contribution in [0.1, 0.15) is 36.0 Å². The Labute approximate surface area is 104 Å². The number of thioether (sulfide) groups is 1. The van der Waals surface area contributed by atoms with Crippen LogP contribution in [0.2, 0.25) is 0 Å². The smallest absolute Gasteiger partial charge is 0.335 e. The van der Waals surface area contributed by atoms with Crippen molar-refractivity contribution in [3.8, 4) is 0 Å². The molecule has 0 radical (unpaired) electrons. The SMILES string of the molecule is O=C(O)c1ccnc(SCC2(O)CCCC2)c1. The Kier molecular flexibility index (Phi) is 3.69. The molecule has 0 aliphatic heterocycles. The van der Waals surface area contributed by atoms with Crippen LogP contribution in [0.5, 0.6) is 0 Å². The summed E-state index contributed by atoms with van der Waals surface area (Å²) < 4.78 is 0. The molecule has 0 saturated heterocycles.